The van der Waals surface area contributed by atoms with Crippen LogP contribution in [-0.2, 0) is 10.2 Å². The van der Waals surface area contributed by atoms with Gasteiger partial charge in [0.05, 0.1) is 6.61 Å². The predicted molar refractivity (Wildman–Crippen MR) is 73.1 cm³/mol. The summed E-state index contributed by atoms with van der Waals surface area (Å²) in [5.41, 5.74) is 6.72. The van der Waals surface area contributed by atoms with Gasteiger partial charge in [-0.1, -0.05) is 34.1 Å². The molecule has 0 spiro atoms. The van der Waals surface area contributed by atoms with Crippen LogP contribution in [-0.4, -0.2) is 30.2 Å². The molecule has 0 aliphatic heterocycles. The van der Waals surface area contributed by atoms with Crippen molar-refractivity contribution >= 4 is 21.8 Å². The lowest BCUT2D eigenvalue weighted by molar-refractivity contribution is -0.123. The summed E-state index contributed by atoms with van der Waals surface area (Å²) in [6.45, 7) is 0.246. The number of hydrogen-bond acceptors (Lipinski definition) is 3. The van der Waals surface area contributed by atoms with E-state index in [1.54, 1.807) is 0 Å². The molecule has 4 nitrogen and oxygen atoms in total. The number of carbonyl (C=O) groups excluding carboxylic acids is 1. The second kappa shape index (κ2) is 5.38. The molecule has 1 amide bonds. The van der Waals surface area contributed by atoms with Crippen LogP contribution in [0.15, 0.2) is 28.7 Å². The number of rotatable bonds is 5. The Labute approximate surface area is 115 Å². The molecule has 4 N–H and O–H groups in total. The molecule has 1 atom stereocenters. The summed E-state index contributed by atoms with van der Waals surface area (Å²) in [4.78, 5) is 11.6. The van der Waals surface area contributed by atoms with Gasteiger partial charge in [0.1, 0.15) is 6.04 Å². The minimum absolute atomic E-state index is 0.0327. The van der Waals surface area contributed by atoms with Crippen molar-refractivity contribution in [3.05, 3.63) is 34.3 Å². The van der Waals surface area contributed by atoms with E-state index in [9.17, 15) is 4.79 Å². The highest BCUT2D eigenvalue weighted by Crippen LogP contribution is 2.49. The van der Waals surface area contributed by atoms with E-state index in [2.05, 4.69) is 27.3 Å². The molecule has 0 bridgehead atoms. The molecule has 5 heteroatoms. The van der Waals surface area contributed by atoms with Crippen LogP contribution in [0, 0.1) is 0 Å². The third-order valence-electron chi connectivity index (χ3n) is 3.43. The molecule has 0 unspecified atom stereocenters. The van der Waals surface area contributed by atoms with Crippen LogP contribution >= 0.6 is 15.9 Å². The van der Waals surface area contributed by atoms with Crippen LogP contribution in [0.5, 0.6) is 0 Å². The van der Waals surface area contributed by atoms with Crippen LogP contribution in [0.3, 0.4) is 0 Å². The van der Waals surface area contributed by atoms with E-state index in [0.29, 0.717) is 6.54 Å². The summed E-state index contributed by atoms with van der Waals surface area (Å²) in [6, 6.07) is 7.23. The normalized spacial score (nSPS) is 18.2. The summed E-state index contributed by atoms with van der Waals surface area (Å²) in [5.74, 6) is -0.296. The number of amides is 1. The highest BCUT2D eigenvalue weighted by molar-refractivity contribution is 9.10. The van der Waals surface area contributed by atoms with Crippen molar-refractivity contribution in [1.82, 2.24) is 5.32 Å². The first-order chi connectivity index (χ1) is 8.59. The lowest BCUT2D eigenvalue weighted by atomic mass is 9.96. The van der Waals surface area contributed by atoms with Gasteiger partial charge < -0.3 is 16.2 Å². The lowest BCUT2D eigenvalue weighted by Gasteiger charge is -2.19. The monoisotopic (exact) mass is 312 g/mol. The standard InChI is InChI=1S/C13H17BrN2O2/c14-10-4-2-1-3-9(10)13(5-6-13)8-16-12(18)11(15)7-17/h1-4,11,17H,5-8,15H2,(H,16,18)/t11-/m1/s1. The molecule has 1 aliphatic carbocycles. The Morgan fingerprint density at radius 3 is 2.72 bits per heavy atom. The fourth-order valence-corrected chi connectivity index (χ4v) is 2.76. The van der Waals surface area contributed by atoms with Gasteiger partial charge in [-0.2, -0.15) is 0 Å². The van der Waals surface area contributed by atoms with Crippen LogP contribution in [0.25, 0.3) is 0 Å². The number of halogens is 1. The molecule has 0 saturated heterocycles. The number of carbonyl (C=O) groups is 1. The first-order valence-corrected chi connectivity index (χ1v) is 6.77. The van der Waals surface area contributed by atoms with Gasteiger partial charge in [-0.15, -0.1) is 0 Å². The quantitative estimate of drug-likeness (QED) is 0.756. The van der Waals surface area contributed by atoms with E-state index in [1.807, 2.05) is 18.2 Å². The van der Waals surface area contributed by atoms with Crippen molar-refractivity contribution in [2.75, 3.05) is 13.2 Å². The number of aliphatic hydroxyl groups excluding tert-OH is 1. The second-order valence-electron chi connectivity index (χ2n) is 4.77. The van der Waals surface area contributed by atoms with Gasteiger partial charge in [0, 0.05) is 16.4 Å². The Balaban J connectivity index is 2.01. The van der Waals surface area contributed by atoms with E-state index in [4.69, 9.17) is 10.8 Å². The van der Waals surface area contributed by atoms with E-state index < -0.39 is 6.04 Å². The minimum atomic E-state index is -0.833. The zero-order valence-corrected chi connectivity index (χ0v) is 11.6. The summed E-state index contributed by atoms with van der Waals surface area (Å²) in [6.07, 6.45) is 2.12. The molecule has 2 rings (SSSR count). The molecule has 1 aliphatic rings. The maximum absolute atomic E-state index is 11.6. The summed E-state index contributed by atoms with van der Waals surface area (Å²) in [7, 11) is 0. The van der Waals surface area contributed by atoms with Crippen LogP contribution in [0.1, 0.15) is 18.4 Å². The Morgan fingerprint density at radius 2 is 2.17 bits per heavy atom. The van der Waals surface area contributed by atoms with Crippen molar-refractivity contribution < 1.29 is 9.90 Å². The number of nitrogens with two attached hydrogens (primary N) is 1. The third kappa shape index (κ3) is 2.74. The van der Waals surface area contributed by atoms with E-state index in [1.165, 1.54) is 5.56 Å². The predicted octanol–water partition coefficient (Wildman–Crippen LogP) is 0.917. The number of aliphatic hydroxyl groups is 1. The molecule has 0 heterocycles. The van der Waals surface area contributed by atoms with Crippen molar-refractivity contribution in [1.29, 1.82) is 0 Å². The topological polar surface area (TPSA) is 75.3 Å². The molecule has 1 fully saturated rings. The maximum atomic E-state index is 11.6. The van der Waals surface area contributed by atoms with E-state index in [-0.39, 0.29) is 17.9 Å². The van der Waals surface area contributed by atoms with Gasteiger partial charge >= 0.3 is 0 Å². The first kappa shape index (κ1) is 13.5. The highest BCUT2D eigenvalue weighted by Gasteiger charge is 2.45. The molecule has 0 radical (unpaired) electrons. The van der Waals surface area contributed by atoms with Crippen LogP contribution in [0.4, 0.5) is 0 Å². The molecule has 98 valence electrons. The van der Waals surface area contributed by atoms with Gasteiger partial charge in [-0.3, -0.25) is 4.79 Å². The summed E-state index contributed by atoms with van der Waals surface area (Å²) >= 11 is 3.54. The van der Waals surface area contributed by atoms with E-state index in [0.717, 1.165) is 17.3 Å². The largest absolute Gasteiger partial charge is 0.394 e. The molecular weight excluding hydrogens is 296 g/mol. The fourth-order valence-electron chi connectivity index (χ4n) is 2.05. The number of nitrogens with one attached hydrogen (secondary N) is 1. The van der Waals surface area contributed by atoms with Crippen LogP contribution < -0.4 is 11.1 Å². The molecule has 1 saturated carbocycles. The van der Waals surface area contributed by atoms with Crippen molar-refractivity contribution in [2.24, 2.45) is 5.73 Å². The Bertz CT molecular complexity index is 446. The maximum Gasteiger partial charge on any atom is 0.239 e. The minimum Gasteiger partial charge on any atom is -0.394 e. The third-order valence-corrected chi connectivity index (χ3v) is 4.12. The number of hydrogen-bond donors (Lipinski definition) is 3. The molecule has 1 aromatic rings. The van der Waals surface area contributed by atoms with Gasteiger partial charge in [0.15, 0.2) is 0 Å². The number of benzene rings is 1. The molecule has 18 heavy (non-hydrogen) atoms. The Morgan fingerprint density at radius 1 is 1.50 bits per heavy atom. The Hall–Kier alpha value is -0.910. The zero-order valence-electron chi connectivity index (χ0n) is 10.0. The van der Waals surface area contributed by atoms with Gasteiger partial charge in [-0.25, -0.2) is 0 Å². The average Bonchev–Trinajstić information content (AvgIpc) is 3.16. The first-order valence-electron chi connectivity index (χ1n) is 5.98. The molecule has 1 aromatic carbocycles. The van der Waals surface area contributed by atoms with Gasteiger partial charge in [0.25, 0.3) is 0 Å². The Kier molecular flexibility index (Phi) is 4.04. The smallest absolute Gasteiger partial charge is 0.239 e. The van der Waals surface area contributed by atoms with Crippen molar-refractivity contribution in [3.63, 3.8) is 0 Å². The van der Waals surface area contributed by atoms with Gasteiger partial charge in [0.2, 0.25) is 5.91 Å². The van der Waals surface area contributed by atoms with E-state index >= 15 is 0 Å². The summed E-state index contributed by atoms with van der Waals surface area (Å²) in [5, 5.41) is 11.6. The molecular formula is C13H17BrN2O2. The zero-order chi connectivity index (χ0) is 13.2. The van der Waals surface area contributed by atoms with Crippen molar-refractivity contribution in [3.8, 4) is 0 Å². The van der Waals surface area contributed by atoms with Crippen molar-refractivity contribution in [2.45, 2.75) is 24.3 Å². The highest BCUT2D eigenvalue weighted by atomic mass is 79.9. The lowest BCUT2D eigenvalue weighted by Crippen LogP contribution is -2.45. The fraction of sp³-hybridized carbons (Fsp3) is 0.462. The van der Waals surface area contributed by atoms with Crippen LogP contribution in [0.2, 0.25) is 0 Å². The average molecular weight is 313 g/mol. The second-order valence-corrected chi connectivity index (χ2v) is 5.62. The summed E-state index contributed by atoms with van der Waals surface area (Å²) < 4.78 is 1.07. The SMILES string of the molecule is N[C@H](CO)C(=O)NCC1(c2ccccc2Br)CC1. The van der Waals surface area contributed by atoms with Gasteiger partial charge in [-0.05, 0) is 24.5 Å². The molecule has 0 aromatic heterocycles.